The molecular weight excluding hydrogens is 220 g/mol. The number of nitrogens with one attached hydrogen (secondary N) is 1. The summed E-state index contributed by atoms with van der Waals surface area (Å²) < 4.78 is 5.49. The van der Waals surface area contributed by atoms with Crippen LogP contribution < -0.4 is 10.1 Å². The minimum atomic E-state index is -0.410. The van der Waals surface area contributed by atoms with Crippen LogP contribution in [0.4, 0.5) is 5.69 Å². The summed E-state index contributed by atoms with van der Waals surface area (Å²) in [5.41, 5.74) is 0.830. The molecule has 0 heterocycles. The van der Waals surface area contributed by atoms with Crippen molar-refractivity contribution < 1.29 is 9.66 Å². The first-order valence-corrected chi connectivity index (χ1v) is 5.74. The summed E-state index contributed by atoms with van der Waals surface area (Å²) >= 11 is 0. The summed E-state index contributed by atoms with van der Waals surface area (Å²) in [6, 6.07) is 4.94. The average molecular weight is 238 g/mol. The number of aryl methyl sites for hydroxylation is 1. The Morgan fingerprint density at radius 2 is 2.24 bits per heavy atom. The lowest BCUT2D eigenvalue weighted by Gasteiger charge is -2.09. The molecular formula is C12H18N2O3. The van der Waals surface area contributed by atoms with Crippen molar-refractivity contribution in [2.45, 2.75) is 20.3 Å². The Kier molecular flexibility index (Phi) is 5.42. The van der Waals surface area contributed by atoms with Gasteiger partial charge in [0, 0.05) is 6.07 Å². The molecule has 0 saturated carbocycles. The third kappa shape index (κ3) is 4.03. The molecule has 0 aliphatic rings. The maximum Gasteiger partial charge on any atom is 0.311 e. The van der Waals surface area contributed by atoms with E-state index in [0.717, 1.165) is 25.1 Å². The second-order valence-corrected chi connectivity index (χ2v) is 3.74. The number of rotatable bonds is 7. The summed E-state index contributed by atoms with van der Waals surface area (Å²) in [5.74, 6) is 0.383. The number of nitrogens with zero attached hydrogens (tertiary/aromatic N) is 1. The number of nitro benzene ring substituents is 1. The molecule has 0 amide bonds. The van der Waals surface area contributed by atoms with Crippen LogP contribution in [0, 0.1) is 17.0 Å². The normalized spacial score (nSPS) is 10.2. The van der Waals surface area contributed by atoms with Crippen molar-refractivity contribution in [2.75, 3.05) is 19.7 Å². The van der Waals surface area contributed by atoms with Gasteiger partial charge in [0.15, 0.2) is 5.75 Å². The van der Waals surface area contributed by atoms with Gasteiger partial charge in [0.05, 0.1) is 11.5 Å². The van der Waals surface area contributed by atoms with Crippen LogP contribution in [0.5, 0.6) is 5.75 Å². The highest BCUT2D eigenvalue weighted by Crippen LogP contribution is 2.30. The van der Waals surface area contributed by atoms with Gasteiger partial charge < -0.3 is 10.1 Å². The summed E-state index contributed by atoms with van der Waals surface area (Å²) in [5, 5.41) is 14.0. The fourth-order valence-electron chi connectivity index (χ4n) is 1.52. The highest BCUT2D eigenvalue weighted by molar-refractivity contribution is 5.51. The van der Waals surface area contributed by atoms with E-state index in [1.165, 1.54) is 6.07 Å². The molecule has 1 rings (SSSR count). The zero-order valence-corrected chi connectivity index (χ0v) is 10.2. The zero-order chi connectivity index (χ0) is 12.7. The summed E-state index contributed by atoms with van der Waals surface area (Å²) in [7, 11) is 0. The molecule has 0 spiro atoms. The predicted molar refractivity (Wildman–Crippen MR) is 66.5 cm³/mol. The Morgan fingerprint density at radius 1 is 1.47 bits per heavy atom. The maximum atomic E-state index is 10.8. The van der Waals surface area contributed by atoms with Gasteiger partial charge in [-0.05, 0) is 32.0 Å². The molecule has 0 fully saturated rings. The Morgan fingerprint density at radius 3 is 2.88 bits per heavy atom. The third-order valence-corrected chi connectivity index (χ3v) is 2.38. The minimum Gasteiger partial charge on any atom is -0.487 e. The van der Waals surface area contributed by atoms with E-state index < -0.39 is 4.92 Å². The molecule has 0 radical (unpaired) electrons. The smallest absolute Gasteiger partial charge is 0.311 e. The van der Waals surface area contributed by atoms with Gasteiger partial charge in [0.25, 0.3) is 0 Å². The maximum absolute atomic E-state index is 10.8. The van der Waals surface area contributed by atoms with E-state index in [0.29, 0.717) is 12.4 Å². The van der Waals surface area contributed by atoms with Crippen LogP contribution in [-0.2, 0) is 0 Å². The highest BCUT2D eigenvalue weighted by Gasteiger charge is 2.16. The van der Waals surface area contributed by atoms with E-state index in [4.69, 9.17) is 4.74 Å². The average Bonchev–Trinajstić information content (AvgIpc) is 2.30. The Hall–Kier alpha value is -1.62. The van der Waals surface area contributed by atoms with Gasteiger partial charge in [-0.3, -0.25) is 10.1 Å². The molecule has 5 heteroatoms. The molecule has 1 aromatic carbocycles. The van der Waals surface area contributed by atoms with Crippen LogP contribution in [0.1, 0.15) is 18.9 Å². The topological polar surface area (TPSA) is 64.4 Å². The first-order valence-electron chi connectivity index (χ1n) is 5.74. The summed E-state index contributed by atoms with van der Waals surface area (Å²) in [6.45, 7) is 6.11. The molecule has 5 nitrogen and oxygen atoms in total. The van der Waals surface area contributed by atoms with Gasteiger partial charge in [-0.25, -0.2) is 0 Å². The van der Waals surface area contributed by atoms with Crippen LogP contribution in [-0.4, -0.2) is 24.6 Å². The lowest BCUT2D eigenvalue weighted by molar-refractivity contribution is -0.385. The molecule has 0 aromatic heterocycles. The van der Waals surface area contributed by atoms with E-state index in [9.17, 15) is 10.1 Å². The fourth-order valence-corrected chi connectivity index (χ4v) is 1.52. The van der Waals surface area contributed by atoms with E-state index in [-0.39, 0.29) is 5.69 Å². The Bertz CT molecular complexity index is 380. The lowest BCUT2D eigenvalue weighted by Crippen LogP contribution is -2.16. The quantitative estimate of drug-likeness (QED) is 0.449. The number of para-hydroxylation sites is 1. The first-order chi connectivity index (χ1) is 8.16. The van der Waals surface area contributed by atoms with Crippen molar-refractivity contribution in [3.05, 3.63) is 33.9 Å². The van der Waals surface area contributed by atoms with E-state index >= 15 is 0 Å². The molecule has 0 aliphatic carbocycles. The van der Waals surface area contributed by atoms with Crippen LogP contribution in [0.15, 0.2) is 18.2 Å². The molecule has 0 atom stereocenters. The van der Waals surface area contributed by atoms with E-state index in [1.807, 2.05) is 19.9 Å². The van der Waals surface area contributed by atoms with E-state index in [2.05, 4.69) is 5.32 Å². The van der Waals surface area contributed by atoms with Crippen molar-refractivity contribution in [3.63, 3.8) is 0 Å². The second-order valence-electron chi connectivity index (χ2n) is 3.74. The second kappa shape index (κ2) is 6.85. The largest absolute Gasteiger partial charge is 0.487 e. The summed E-state index contributed by atoms with van der Waals surface area (Å²) in [6.07, 6.45) is 0.833. The zero-order valence-electron chi connectivity index (χ0n) is 10.2. The fraction of sp³-hybridized carbons (Fsp3) is 0.500. The Labute approximate surface area is 101 Å². The van der Waals surface area contributed by atoms with Gasteiger partial charge in [0.1, 0.15) is 0 Å². The number of ether oxygens (including phenoxy) is 1. The minimum absolute atomic E-state index is 0.0356. The van der Waals surface area contributed by atoms with Crippen LogP contribution in [0.2, 0.25) is 0 Å². The number of nitro groups is 1. The van der Waals surface area contributed by atoms with E-state index in [1.54, 1.807) is 6.07 Å². The molecule has 1 aromatic rings. The molecule has 17 heavy (non-hydrogen) atoms. The predicted octanol–water partition coefficient (Wildman–Crippen LogP) is 2.28. The van der Waals surface area contributed by atoms with Gasteiger partial charge >= 0.3 is 5.69 Å². The van der Waals surface area contributed by atoms with Gasteiger partial charge in [-0.2, -0.15) is 0 Å². The van der Waals surface area contributed by atoms with Crippen molar-refractivity contribution in [1.29, 1.82) is 0 Å². The van der Waals surface area contributed by atoms with Gasteiger partial charge in [-0.1, -0.05) is 19.1 Å². The number of hydrogen-bond donors (Lipinski definition) is 1. The Balaban J connectivity index is 2.60. The highest BCUT2D eigenvalue weighted by atomic mass is 16.6. The SMILES string of the molecule is CCNCCCOc1c(C)cccc1[N+](=O)[O-]. The monoisotopic (exact) mass is 238 g/mol. The molecule has 0 saturated heterocycles. The van der Waals surface area contributed by atoms with Gasteiger partial charge in [0.2, 0.25) is 0 Å². The summed E-state index contributed by atoms with van der Waals surface area (Å²) in [4.78, 5) is 10.4. The van der Waals surface area contributed by atoms with Crippen LogP contribution in [0.3, 0.4) is 0 Å². The first kappa shape index (κ1) is 13.4. The molecule has 0 bridgehead atoms. The van der Waals surface area contributed by atoms with Crippen molar-refractivity contribution in [2.24, 2.45) is 0 Å². The number of hydrogen-bond acceptors (Lipinski definition) is 4. The number of benzene rings is 1. The molecule has 1 N–H and O–H groups in total. The third-order valence-electron chi connectivity index (χ3n) is 2.38. The van der Waals surface area contributed by atoms with Crippen molar-refractivity contribution in [3.8, 4) is 5.75 Å². The molecule has 0 unspecified atom stereocenters. The van der Waals surface area contributed by atoms with Crippen LogP contribution >= 0.6 is 0 Å². The standard InChI is InChI=1S/C12H18N2O3/c1-3-13-8-5-9-17-12-10(2)6-4-7-11(12)14(15)16/h4,6-7,13H,3,5,8-9H2,1-2H3. The molecule has 94 valence electrons. The van der Waals surface area contributed by atoms with Gasteiger partial charge in [-0.15, -0.1) is 0 Å². The molecule has 0 aliphatic heterocycles. The van der Waals surface area contributed by atoms with Crippen molar-refractivity contribution >= 4 is 5.69 Å². The van der Waals surface area contributed by atoms with Crippen LogP contribution in [0.25, 0.3) is 0 Å². The lowest BCUT2D eigenvalue weighted by atomic mass is 10.2. The van der Waals surface area contributed by atoms with Crippen molar-refractivity contribution in [1.82, 2.24) is 5.32 Å².